The molecule has 0 saturated carbocycles. The molecule has 0 spiro atoms. The number of non-ortho nitro benzene ring substituents is 1. The topological polar surface area (TPSA) is 68.9 Å². The van der Waals surface area contributed by atoms with Gasteiger partial charge in [-0.25, -0.2) is 4.98 Å². The van der Waals surface area contributed by atoms with Crippen molar-refractivity contribution in [2.75, 3.05) is 0 Å². The van der Waals surface area contributed by atoms with Crippen LogP contribution < -0.4 is 5.19 Å². The highest BCUT2D eigenvalue weighted by molar-refractivity contribution is 6.90. The molecule has 116 valence electrons. The Kier molecular flexibility index (Phi) is 3.69. The van der Waals surface area contributed by atoms with Crippen molar-refractivity contribution in [1.82, 2.24) is 9.97 Å². The van der Waals surface area contributed by atoms with Crippen LogP contribution in [0.3, 0.4) is 0 Å². The smallest absolute Gasteiger partial charge is 0.258 e. The summed E-state index contributed by atoms with van der Waals surface area (Å²) in [6.45, 7) is 6.68. The van der Waals surface area contributed by atoms with E-state index in [-0.39, 0.29) is 10.6 Å². The van der Waals surface area contributed by atoms with Crippen LogP contribution >= 0.6 is 0 Å². The second-order valence-corrected chi connectivity index (χ2v) is 11.5. The SMILES string of the molecule is C[Si](C)(C)c1cc(-c2ccccn2)nc2c([N+](=O)[O-])cccc12. The van der Waals surface area contributed by atoms with Crippen molar-refractivity contribution >= 4 is 29.9 Å². The summed E-state index contributed by atoms with van der Waals surface area (Å²) in [5.41, 5.74) is 1.90. The van der Waals surface area contributed by atoms with Crippen molar-refractivity contribution in [1.29, 1.82) is 0 Å². The van der Waals surface area contributed by atoms with E-state index in [1.165, 1.54) is 6.07 Å². The normalized spacial score (nSPS) is 11.6. The van der Waals surface area contributed by atoms with E-state index in [0.29, 0.717) is 11.2 Å². The Morgan fingerprint density at radius 2 is 1.83 bits per heavy atom. The van der Waals surface area contributed by atoms with Gasteiger partial charge in [-0.05, 0) is 23.4 Å². The van der Waals surface area contributed by atoms with Gasteiger partial charge in [-0.1, -0.05) is 37.8 Å². The molecule has 0 amide bonds. The summed E-state index contributed by atoms with van der Waals surface area (Å²) in [5, 5.41) is 13.4. The fourth-order valence-corrected chi connectivity index (χ4v) is 4.23. The summed E-state index contributed by atoms with van der Waals surface area (Å²) in [6, 6.07) is 12.8. The van der Waals surface area contributed by atoms with Gasteiger partial charge in [0.05, 0.1) is 24.4 Å². The van der Waals surface area contributed by atoms with Crippen LogP contribution in [0.5, 0.6) is 0 Å². The number of benzene rings is 1. The molecule has 2 aromatic heterocycles. The van der Waals surface area contributed by atoms with Gasteiger partial charge in [-0.3, -0.25) is 15.1 Å². The van der Waals surface area contributed by atoms with Gasteiger partial charge in [0.1, 0.15) is 5.52 Å². The van der Waals surface area contributed by atoms with Gasteiger partial charge < -0.3 is 0 Å². The van der Waals surface area contributed by atoms with Crippen molar-refractivity contribution < 1.29 is 4.92 Å². The van der Waals surface area contributed by atoms with Gasteiger partial charge in [-0.15, -0.1) is 0 Å². The lowest BCUT2D eigenvalue weighted by Gasteiger charge is -2.20. The highest BCUT2D eigenvalue weighted by Gasteiger charge is 2.24. The first-order chi connectivity index (χ1) is 10.9. The molecule has 0 aliphatic heterocycles. The van der Waals surface area contributed by atoms with E-state index in [0.717, 1.165) is 16.3 Å². The predicted octanol–water partition coefficient (Wildman–Crippen LogP) is 3.75. The Hall–Kier alpha value is -2.60. The molecule has 3 aromatic rings. The largest absolute Gasteiger partial charge is 0.295 e. The Bertz CT molecular complexity index is 889. The van der Waals surface area contributed by atoms with E-state index in [1.807, 2.05) is 30.3 Å². The molecule has 0 fully saturated rings. The molecule has 2 heterocycles. The number of hydrogen-bond acceptors (Lipinski definition) is 4. The van der Waals surface area contributed by atoms with Crippen LogP contribution in [0.2, 0.25) is 19.6 Å². The Labute approximate surface area is 135 Å². The molecule has 5 nitrogen and oxygen atoms in total. The maximum absolute atomic E-state index is 11.4. The van der Waals surface area contributed by atoms with Crippen LogP contribution in [0.25, 0.3) is 22.3 Å². The minimum Gasteiger partial charge on any atom is -0.258 e. The molecule has 0 aliphatic carbocycles. The lowest BCUT2D eigenvalue weighted by molar-refractivity contribution is -0.383. The van der Waals surface area contributed by atoms with E-state index in [4.69, 9.17) is 0 Å². The first kappa shape index (κ1) is 15.3. The Morgan fingerprint density at radius 3 is 2.43 bits per heavy atom. The molecule has 0 bridgehead atoms. The summed E-state index contributed by atoms with van der Waals surface area (Å²) >= 11 is 0. The van der Waals surface area contributed by atoms with Crippen LogP contribution in [-0.4, -0.2) is 23.0 Å². The second kappa shape index (κ2) is 5.55. The van der Waals surface area contributed by atoms with E-state index in [1.54, 1.807) is 12.3 Å². The number of hydrogen-bond donors (Lipinski definition) is 0. The van der Waals surface area contributed by atoms with Crippen molar-refractivity contribution in [3.8, 4) is 11.4 Å². The minimum absolute atomic E-state index is 0.0415. The molecule has 0 unspecified atom stereocenters. The molecule has 3 rings (SSSR count). The van der Waals surface area contributed by atoms with Crippen molar-refractivity contribution in [3.05, 3.63) is 58.8 Å². The summed E-state index contributed by atoms with van der Waals surface area (Å²) in [7, 11) is -1.71. The van der Waals surface area contributed by atoms with Crippen LogP contribution in [0.15, 0.2) is 48.7 Å². The number of pyridine rings is 2. The molecule has 6 heteroatoms. The van der Waals surface area contributed by atoms with Crippen molar-refractivity contribution in [2.45, 2.75) is 19.6 Å². The Balaban J connectivity index is 2.41. The van der Waals surface area contributed by atoms with Gasteiger partial charge >= 0.3 is 0 Å². The molecule has 0 aliphatic rings. The number of nitrogens with zero attached hydrogens (tertiary/aromatic N) is 3. The highest BCUT2D eigenvalue weighted by atomic mass is 28.3. The van der Waals surface area contributed by atoms with Crippen molar-refractivity contribution in [2.24, 2.45) is 0 Å². The summed E-state index contributed by atoms with van der Waals surface area (Å²) in [6.07, 6.45) is 1.70. The summed E-state index contributed by atoms with van der Waals surface area (Å²) < 4.78 is 0. The van der Waals surface area contributed by atoms with Gasteiger partial charge in [0.25, 0.3) is 5.69 Å². The fraction of sp³-hybridized carbons (Fsp3) is 0.176. The maximum atomic E-state index is 11.4. The average Bonchev–Trinajstić information content (AvgIpc) is 2.53. The molecular formula is C17H17N3O2Si. The van der Waals surface area contributed by atoms with Crippen LogP contribution in [-0.2, 0) is 0 Å². The standard InChI is InChI=1S/C17H17N3O2Si/c1-23(2,3)16-11-14(13-8-4-5-10-18-13)19-17-12(16)7-6-9-15(17)20(21)22/h4-11H,1-3H3. The molecule has 0 N–H and O–H groups in total. The highest BCUT2D eigenvalue weighted by Crippen LogP contribution is 2.27. The monoisotopic (exact) mass is 323 g/mol. The molecule has 23 heavy (non-hydrogen) atoms. The summed E-state index contributed by atoms with van der Waals surface area (Å²) in [5.74, 6) is 0. The van der Waals surface area contributed by atoms with Gasteiger partial charge in [0.15, 0.2) is 0 Å². The van der Waals surface area contributed by atoms with Crippen LogP contribution in [0.1, 0.15) is 0 Å². The number of nitro benzene ring substituents is 1. The van der Waals surface area contributed by atoms with E-state index in [2.05, 4.69) is 29.6 Å². The number of para-hydroxylation sites is 1. The molecule has 0 saturated heterocycles. The third kappa shape index (κ3) is 2.85. The zero-order chi connectivity index (χ0) is 16.6. The van der Waals surface area contributed by atoms with E-state index in [9.17, 15) is 10.1 Å². The molecule has 0 atom stereocenters. The zero-order valence-corrected chi connectivity index (χ0v) is 14.3. The van der Waals surface area contributed by atoms with Crippen LogP contribution in [0, 0.1) is 10.1 Å². The summed E-state index contributed by atoms with van der Waals surface area (Å²) in [4.78, 5) is 19.9. The van der Waals surface area contributed by atoms with E-state index < -0.39 is 8.07 Å². The second-order valence-electron chi connectivity index (χ2n) is 6.45. The third-order valence-electron chi connectivity index (χ3n) is 3.75. The number of nitro groups is 1. The third-order valence-corrected chi connectivity index (χ3v) is 5.78. The lowest BCUT2D eigenvalue weighted by atomic mass is 10.1. The molecule has 0 radical (unpaired) electrons. The van der Waals surface area contributed by atoms with E-state index >= 15 is 0 Å². The van der Waals surface area contributed by atoms with Crippen molar-refractivity contribution in [3.63, 3.8) is 0 Å². The van der Waals surface area contributed by atoms with Gasteiger partial charge in [-0.2, -0.15) is 0 Å². The van der Waals surface area contributed by atoms with Gasteiger partial charge in [0, 0.05) is 17.6 Å². The average molecular weight is 323 g/mol. The number of fused-ring (bicyclic) bond motifs is 1. The number of rotatable bonds is 3. The first-order valence-corrected chi connectivity index (χ1v) is 10.9. The molecule has 1 aromatic carbocycles. The van der Waals surface area contributed by atoms with Gasteiger partial charge in [0.2, 0.25) is 0 Å². The Morgan fingerprint density at radius 1 is 1.04 bits per heavy atom. The fourth-order valence-electron chi connectivity index (χ4n) is 2.65. The first-order valence-electron chi connectivity index (χ1n) is 7.38. The quantitative estimate of drug-likeness (QED) is 0.418. The molecular weight excluding hydrogens is 306 g/mol. The van der Waals surface area contributed by atoms with Crippen LogP contribution in [0.4, 0.5) is 5.69 Å². The maximum Gasteiger partial charge on any atom is 0.295 e. The lowest BCUT2D eigenvalue weighted by Crippen LogP contribution is -2.38. The zero-order valence-electron chi connectivity index (χ0n) is 13.3. The minimum atomic E-state index is -1.71. The number of aromatic nitrogens is 2. The predicted molar refractivity (Wildman–Crippen MR) is 94.6 cm³/mol.